The standard InChI is InChI=1S/C14H22O/c1-4-5-6-7-9-13(2)10-8-11-14(3)12-15/h1,9,11,15H,5-8,10,12H2,2-3H3/b13-9+,14-11+. The molecular formula is C14H22O. The Bertz CT molecular complexity index is 253. The molecule has 0 unspecified atom stereocenters. The molecule has 1 N–H and O–H groups in total. The van der Waals surface area contributed by atoms with Gasteiger partial charge in [-0.1, -0.05) is 23.3 Å². The third kappa shape index (κ3) is 9.31. The molecule has 1 heteroatoms. The van der Waals surface area contributed by atoms with Crippen LogP contribution >= 0.6 is 0 Å². The van der Waals surface area contributed by atoms with E-state index in [2.05, 4.69) is 25.0 Å². The predicted octanol–water partition coefficient (Wildman–Crippen LogP) is 3.46. The summed E-state index contributed by atoms with van der Waals surface area (Å²) in [6, 6.07) is 0. The molecule has 0 heterocycles. The molecule has 0 aromatic carbocycles. The number of allylic oxidation sites excluding steroid dienone is 3. The molecule has 1 nitrogen and oxygen atoms in total. The molecule has 0 fully saturated rings. The summed E-state index contributed by atoms with van der Waals surface area (Å²) >= 11 is 0. The quantitative estimate of drug-likeness (QED) is 0.384. The van der Waals surface area contributed by atoms with Gasteiger partial charge in [0.05, 0.1) is 6.61 Å². The maximum Gasteiger partial charge on any atom is 0.0639 e. The topological polar surface area (TPSA) is 20.2 Å². The molecule has 0 aromatic heterocycles. The second kappa shape index (κ2) is 9.55. The van der Waals surface area contributed by atoms with Gasteiger partial charge in [0.1, 0.15) is 0 Å². The van der Waals surface area contributed by atoms with Crippen molar-refractivity contribution >= 4 is 0 Å². The van der Waals surface area contributed by atoms with Crippen LogP contribution in [0.3, 0.4) is 0 Å². The van der Waals surface area contributed by atoms with Gasteiger partial charge in [-0.2, -0.15) is 0 Å². The maximum atomic E-state index is 8.80. The number of aliphatic hydroxyl groups excluding tert-OH is 1. The van der Waals surface area contributed by atoms with E-state index in [1.807, 2.05) is 6.92 Å². The molecule has 0 saturated heterocycles. The monoisotopic (exact) mass is 206 g/mol. The van der Waals surface area contributed by atoms with E-state index < -0.39 is 0 Å². The smallest absolute Gasteiger partial charge is 0.0639 e. The Balaban J connectivity index is 3.64. The number of hydrogen-bond donors (Lipinski definition) is 1. The van der Waals surface area contributed by atoms with Gasteiger partial charge in [-0.3, -0.25) is 0 Å². The van der Waals surface area contributed by atoms with Gasteiger partial charge in [0, 0.05) is 6.42 Å². The molecule has 0 saturated carbocycles. The van der Waals surface area contributed by atoms with E-state index in [-0.39, 0.29) is 6.61 Å². The van der Waals surface area contributed by atoms with Crippen LogP contribution in [-0.2, 0) is 0 Å². The van der Waals surface area contributed by atoms with E-state index in [4.69, 9.17) is 11.5 Å². The first-order valence-electron chi connectivity index (χ1n) is 5.56. The van der Waals surface area contributed by atoms with E-state index in [1.165, 1.54) is 5.57 Å². The van der Waals surface area contributed by atoms with Crippen LogP contribution in [0.25, 0.3) is 0 Å². The zero-order chi connectivity index (χ0) is 11.5. The van der Waals surface area contributed by atoms with Gasteiger partial charge in [-0.05, 0) is 39.5 Å². The predicted molar refractivity (Wildman–Crippen MR) is 66.5 cm³/mol. The van der Waals surface area contributed by atoms with Crippen LogP contribution in [0.1, 0.15) is 46.0 Å². The number of unbranched alkanes of at least 4 members (excludes halogenated alkanes) is 2. The summed E-state index contributed by atoms with van der Waals surface area (Å²) in [6.45, 7) is 4.27. The van der Waals surface area contributed by atoms with Gasteiger partial charge >= 0.3 is 0 Å². The fraction of sp³-hybridized carbons (Fsp3) is 0.571. The highest BCUT2D eigenvalue weighted by atomic mass is 16.3. The van der Waals surface area contributed by atoms with E-state index in [0.717, 1.165) is 37.7 Å². The summed E-state index contributed by atoms with van der Waals surface area (Å²) in [5, 5.41) is 8.80. The zero-order valence-electron chi connectivity index (χ0n) is 9.92. The van der Waals surface area contributed by atoms with Crippen molar-refractivity contribution in [2.24, 2.45) is 0 Å². The molecule has 0 spiro atoms. The third-order valence-electron chi connectivity index (χ3n) is 2.30. The number of terminal acetylenes is 1. The molecule has 84 valence electrons. The Morgan fingerprint density at radius 2 is 1.87 bits per heavy atom. The summed E-state index contributed by atoms with van der Waals surface area (Å²) in [5.41, 5.74) is 2.46. The van der Waals surface area contributed by atoms with E-state index in [9.17, 15) is 0 Å². The maximum absolute atomic E-state index is 8.80. The van der Waals surface area contributed by atoms with Crippen molar-refractivity contribution in [1.82, 2.24) is 0 Å². The van der Waals surface area contributed by atoms with Gasteiger partial charge in [0.25, 0.3) is 0 Å². The molecule has 15 heavy (non-hydrogen) atoms. The molecule has 0 aliphatic carbocycles. The Morgan fingerprint density at radius 3 is 2.47 bits per heavy atom. The van der Waals surface area contributed by atoms with Crippen LogP contribution in [0.15, 0.2) is 23.3 Å². The van der Waals surface area contributed by atoms with Crippen molar-refractivity contribution in [2.45, 2.75) is 46.0 Å². The lowest BCUT2D eigenvalue weighted by atomic mass is 10.1. The summed E-state index contributed by atoms with van der Waals surface area (Å²) in [5.74, 6) is 2.64. The van der Waals surface area contributed by atoms with Gasteiger partial charge in [-0.15, -0.1) is 12.3 Å². The molecule has 0 bridgehead atoms. The van der Waals surface area contributed by atoms with Crippen LogP contribution in [0.4, 0.5) is 0 Å². The molecule has 0 atom stereocenters. The largest absolute Gasteiger partial charge is 0.392 e. The minimum absolute atomic E-state index is 0.172. The summed E-state index contributed by atoms with van der Waals surface area (Å²) in [4.78, 5) is 0. The minimum Gasteiger partial charge on any atom is -0.392 e. The Morgan fingerprint density at radius 1 is 1.20 bits per heavy atom. The van der Waals surface area contributed by atoms with Crippen molar-refractivity contribution in [3.8, 4) is 12.3 Å². The molecule has 0 aliphatic heterocycles. The summed E-state index contributed by atoms with van der Waals surface area (Å²) in [7, 11) is 0. The van der Waals surface area contributed by atoms with Crippen molar-refractivity contribution < 1.29 is 5.11 Å². The lowest BCUT2D eigenvalue weighted by molar-refractivity contribution is 0.331. The Hall–Kier alpha value is -1.00. The third-order valence-corrected chi connectivity index (χ3v) is 2.30. The first-order chi connectivity index (χ1) is 7.20. The average Bonchev–Trinajstić information content (AvgIpc) is 2.24. The molecule has 0 radical (unpaired) electrons. The van der Waals surface area contributed by atoms with Crippen LogP contribution in [-0.4, -0.2) is 11.7 Å². The van der Waals surface area contributed by atoms with Crippen molar-refractivity contribution in [1.29, 1.82) is 0 Å². The normalized spacial score (nSPS) is 12.7. The number of hydrogen-bond acceptors (Lipinski definition) is 1. The summed E-state index contributed by atoms with van der Waals surface area (Å²) in [6.07, 6.45) is 14.7. The lowest BCUT2D eigenvalue weighted by Crippen LogP contribution is -1.84. The Labute approximate surface area is 93.9 Å². The number of aliphatic hydroxyl groups is 1. The van der Waals surface area contributed by atoms with Crippen molar-refractivity contribution in [3.05, 3.63) is 23.3 Å². The molecule has 0 amide bonds. The first kappa shape index (κ1) is 14.0. The fourth-order valence-electron chi connectivity index (χ4n) is 1.27. The van der Waals surface area contributed by atoms with Crippen molar-refractivity contribution in [2.75, 3.05) is 6.61 Å². The fourth-order valence-corrected chi connectivity index (χ4v) is 1.27. The van der Waals surface area contributed by atoms with Crippen LogP contribution in [0.2, 0.25) is 0 Å². The lowest BCUT2D eigenvalue weighted by Gasteiger charge is -1.99. The van der Waals surface area contributed by atoms with Crippen molar-refractivity contribution in [3.63, 3.8) is 0 Å². The highest BCUT2D eigenvalue weighted by Crippen LogP contribution is 2.09. The van der Waals surface area contributed by atoms with Gasteiger partial charge in [0.2, 0.25) is 0 Å². The highest BCUT2D eigenvalue weighted by Gasteiger charge is 1.90. The Kier molecular flexibility index (Phi) is 8.91. The SMILES string of the molecule is C#CCCC/C=C(\C)CC/C=C(\C)CO. The van der Waals surface area contributed by atoms with Gasteiger partial charge in [-0.25, -0.2) is 0 Å². The molecule has 0 aliphatic rings. The van der Waals surface area contributed by atoms with E-state index in [1.54, 1.807) is 0 Å². The zero-order valence-corrected chi connectivity index (χ0v) is 9.92. The van der Waals surface area contributed by atoms with Crippen LogP contribution < -0.4 is 0 Å². The van der Waals surface area contributed by atoms with Gasteiger partial charge < -0.3 is 5.11 Å². The second-order valence-electron chi connectivity index (χ2n) is 3.89. The number of rotatable bonds is 7. The summed E-state index contributed by atoms with van der Waals surface area (Å²) < 4.78 is 0. The molecule has 0 aromatic rings. The minimum atomic E-state index is 0.172. The van der Waals surface area contributed by atoms with Crippen LogP contribution in [0, 0.1) is 12.3 Å². The molecule has 0 rings (SSSR count). The molecular weight excluding hydrogens is 184 g/mol. The van der Waals surface area contributed by atoms with Gasteiger partial charge in [0.15, 0.2) is 0 Å². The second-order valence-corrected chi connectivity index (χ2v) is 3.89. The first-order valence-corrected chi connectivity index (χ1v) is 5.56. The van der Waals surface area contributed by atoms with E-state index >= 15 is 0 Å². The highest BCUT2D eigenvalue weighted by molar-refractivity contribution is 5.03. The average molecular weight is 206 g/mol. The van der Waals surface area contributed by atoms with E-state index in [0.29, 0.717) is 0 Å². The van der Waals surface area contributed by atoms with Crippen LogP contribution in [0.5, 0.6) is 0 Å².